The normalized spacial score (nSPS) is 14.9. The van der Waals surface area contributed by atoms with Gasteiger partial charge in [0.25, 0.3) is 0 Å². The molecule has 0 radical (unpaired) electrons. The first-order valence-electron chi connectivity index (χ1n) is 5.72. The van der Waals surface area contributed by atoms with Crippen LogP contribution in [0.2, 0.25) is 0 Å². The largest absolute Gasteiger partial charge is 0.357 e. The highest BCUT2D eigenvalue weighted by Gasteiger charge is 2.11. The van der Waals surface area contributed by atoms with Gasteiger partial charge >= 0.3 is 0 Å². The summed E-state index contributed by atoms with van der Waals surface area (Å²) in [5.41, 5.74) is 0. The van der Waals surface area contributed by atoms with Crippen LogP contribution in [0.1, 0.15) is 45.0 Å². The van der Waals surface area contributed by atoms with Crippen molar-refractivity contribution in [2.45, 2.75) is 53.0 Å². The van der Waals surface area contributed by atoms with E-state index in [0.717, 1.165) is 22.5 Å². The Kier molecular flexibility index (Phi) is 5.02. The fraction of sp³-hybridized carbons (Fsp3) is 0.818. The molecule has 4 heteroatoms. The summed E-state index contributed by atoms with van der Waals surface area (Å²) in [6.07, 6.45) is 3.60. The summed E-state index contributed by atoms with van der Waals surface area (Å²) in [6.45, 7) is 8.74. The van der Waals surface area contributed by atoms with E-state index in [1.165, 1.54) is 12.8 Å². The summed E-state index contributed by atoms with van der Waals surface area (Å²) in [6, 6.07) is 0.535. The topological polar surface area (TPSA) is 37.8 Å². The third kappa shape index (κ3) is 4.16. The van der Waals surface area contributed by atoms with Crippen molar-refractivity contribution in [3.8, 4) is 0 Å². The van der Waals surface area contributed by atoms with E-state index in [-0.39, 0.29) is 0 Å². The maximum Gasteiger partial charge on any atom is 0.205 e. The third-order valence-electron chi connectivity index (χ3n) is 2.73. The van der Waals surface area contributed by atoms with Crippen molar-refractivity contribution in [2.75, 3.05) is 5.32 Å². The van der Waals surface area contributed by atoms with Gasteiger partial charge in [-0.05, 0) is 25.7 Å². The number of nitrogens with zero attached hydrogens (tertiary/aromatic N) is 2. The summed E-state index contributed by atoms with van der Waals surface area (Å²) in [7, 11) is 0. The van der Waals surface area contributed by atoms with E-state index < -0.39 is 0 Å². The summed E-state index contributed by atoms with van der Waals surface area (Å²) >= 11 is 1.63. The Balaban J connectivity index is 2.46. The molecule has 3 nitrogen and oxygen atoms in total. The Morgan fingerprint density at radius 2 is 2.00 bits per heavy atom. The Labute approximate surface area is 96.3 Å². The number of nitrogens with one attached hydrogen (secondary N) is 1. The van der Waals surface area contributed by atoms with Crippen LogP contribution in [0.15, 0.2) is 0 Å². The molecule has 0 fully saturated rings. The number of aromatic nitrogens is 2. The molecule has 15 heavy (non-hydrogen) atoms. The fourth-order valence-corrected chi connectivity index (χ4v) is 2.18. The predicted molar refractivity (Wildman–Crippen MR) is 66.4 cm³/mol. The van der Waals surface area contributed by atoms with Gasteiger partial charge in [-0.1, -0.05) is 38.5 Å². The van der Waals surface area contributed by atoms with Crippen molar-refractivity contribution in [2.24, 2.45) is 5.92 Å². The van der Waals surface area contributed by atoms with Gasteiger partial charge in [0, 0.05) is 6.04 Å². The number of rotatable bonds is 6. The van der Waals surface area contributed by atoms with Gasteiger partial charge in [0.15, 0.2) is 0 Å². The van der Waals surface area contributed by atoms with Crippen molar-refractivity contribution in [3.63, 3.8) is 0 Å². The zero-order chi connectivity index (χ0) is 11.3. The van der Waals surface area contributed by atoms with Gasteiger partial charge < -0.3 is 5.32 Å². The third-order valence-corrected chi connectivity index (χ3v) is 3.50. The molecule has 1 aromatic rings. The first-order valence-corrected chi connectivity index (χ1v) is 6.54. The fourth-order valence-electron chi connectivity index (χ4n) is 1.51. The molecule has 0 aliphatic rings. The summed E-state index contributed by atoms with van der Waals surface area (Å²) in [5.74, 6) is 0.775. The zero-order valence-corrected chi connectivity index (χ0v) is 10.9. The van der Waals surface area contributed by atoms with Gasteiger partial charge in [0.1, 0.15) is 5.01 Å². The van der Waals surface area contributed by atoms with Gasteiger partial charge in [-0.25, -0.2) is 0 Å². The van der Waals surface area contributed by atoms with Crippen LogP contribution in [0.4, 0.5) is 5.13 Å². The maximum atomic E-state index is 4.09. The monoisotopic (exact) mass is 227 g/mol. The summed E-state index contributed by atoms with van der Waals surface area (Å²) < 4.78 is 0. The molecule has 1 N–H and O–H groups in total. The second kappa shape index (κ2) is 6.05. The van der Waals surface area contributed by atoms with Crippen LogP contribution in [-0.2, 0) is 0 Å². The molecule has 1 heterocycles. The van der Waals surface area contributed by atoms with Crippen LogP contribution in [0, 0.1) is 12.8 Å². The number of anilines is 1. The molecule has 0 aliphatic heterocycles. The van der Waals surface area contributed by atoms with E-state index in [2.05, 4.69) is 36.3 Å². The van der Waals surface area contributed by atoms with Crippen LogP contribution in [0.3, 0.4) is 0 Å². The van der Waals surface area contributed by atoms with Crippen molar-refractivity contribution in [1.82, 2.24) is 10.2 Å². The van der Waals surface area contributed by atoms with Crippen LogP contribution in [-0.4, -0.2) is 16.2 Å². The van der Waals surface area contributed by atoms with Gasteiger partial charge in [-0.2, -0.15) is 0 Å². The highest BCUT2D eigenvalue weighted by Crippen LogP contribution is 2.19. The van der Waals surface area contributed by atoms with Gasteiger partial charge in [-0.15, -0.1) is 10.2 Å². The molecule has 2 atom stereocenters. The van der Waals surface area contributed by atoms with Gasteiger partial charge in [-0.3, -0.25) is 0 Å². The highest BCUT2D eigenvalue weighted by atomic mass is 32.1. The average Bonchev–Trinajstić information content (AvgIpc) is 2.62. The second-order valence-corrected chi connectivity index (χ2v) is 5.31. The minimum Gasteiger partial charge on any atom is -0.357 e. The highest BCUT2D eigenvalue weighted by molar-refractivity contribution is 7.15. The molecule has 1 aromatic heterocycles. The molecular weight excluding hydrogens is 206 g/mol. The van der Waals surface area contributed by atoms with E-state index >= 15 is 0 Å². The quantitative estimate of drug-likeness (QED) is 0.808. The molecule has 0 saturated carbocycles. The van der Waals surface area contributed by atoms with E-state index in [1.807, 2.05) is 6.92 Å². The Hall–Kier alpha value is -0.640. The molecule has 0 aromatic carbocycles. The maximum absolute atomic E-state index is 4.09. The molecule has 0 amide bonds. The molecule has 1 rings (SSSR count). The minimum atomic E-state index is 0.535. The summed E-state index contributed by atoms with van der Waals surface area (Å²) in [4.78, 5) is 0. The van der Waals surface area contributed by atoms with E-state index in [9.17, 15) is 0 Å². The average molecular weight is 227 g/mol. The molecular formula is C11H21N3S. The SMILES string of the molecule is CCC(C)CC(CC)Nc1nnc(C)s1. The molecule has 0 aliphatic carbocycles. The molecule has 0 bridgehead atoms. The van der Waals surface area contributed by atoms with E-state index in [1.54, 1.807) is 11.3 Å². The van der Waals surface area contributed by atoms with Crippen molar-refractivity contribution in [3.05, 3.63) is 5.01 Å². The van der Waals surface area contributed by atoms with Crippen molar-refractivity contribution >= 4 is 16.5 Å². The Morgan fingerprint density at radius 3 is 2.47 bits per heavy atom. The molecule has 86 valence electrons. The van der Waals surface area contributed by atoms with Crippen LogP contribution in [0.25, 0.3) is 0 Å². The number of aryl methyl sites for hydroxylation is 1. The smallest absolute Gasteiger partial charge is 0.205 e. The molecule has 0 spiro atoms. The zero-order valence-electron chi connectivity index (χ0n) is 10.1. The van der Waals surface area contributed by atoms with Gasteiger partial charge in [0.05, 0.1) is 0 Å². The van der Waals surface area contributed by atoms with E-state index in [0.29, 0.717) is 6.04 Å². The lowest BCUT2D eigenvalue weighted by atomic mass is 9.98. The lowest BCUT2D eigenvalue weighted by Crippen LogP contribution is -2.21. The Morgan fingerprint density at radius 1 is 1.27 bits per heavy atom. The Bertz CT molecular complexity index is 285. The minimum absolute atomic E-state index is 0.535. The standard InChI is InChI=1S/C11H21N3S/c1-5-8(3)7-10(6-2)12-11-14-13-9(4)15-11/h8,10H,5-7H2,1-4H3,(H,12,14). The van der Waals surface area contributed by atoms with Crippen molar-refractivity contribution < 1.29 is 0 Å². The number of hydrogen-bond donors (Lipinski definition) is 1. The van der Waals surface area contributed by atoms with Crippen LogP contribution in [0.5, 0.6) is 0 Å². The second-order valence-electron chi connectivity index (χ2n) is 4.12. The van der Waals surface area contributed by atoms with E-state index in [4.69, 9.17) is 0 Å². The van der Waals surface area contributed by atoms with Crippen LogP contribution < -0.4 is 5.32 Å². The molecule has 2 unspecified atom stereocenters. The number of hydrogen-bond acceptors (Lipinski definition) is 4. The first kappa shape index (κ1) is 12.4. The summed E-state index contributed by atoms with van der Waals surface area (Å²) in [5, 5.41) is 13.5. The predicted octanol–water partition coefficient (Wildman–Crippen LogP) is 3.47. The lowest BCUT2D eigenvalue weighted by molar-refractivity contribution is 0.461. The van der Waals surface area contributed by atoms with Crippen molar-refractivity contribution in [1.29, 1.82) is 0 Å². The molecule has 0 saturated heterocycles. The van der Waals surface area contributed by atoms with Crippen LogP contribution >= 0.6 is 11.3 Å². The van der Waals surface area contributed by atoms with Gasteiger partial charge in [0.2, 0.25) is 5.13 Å². The lowest BCUT2D eigenvalue weighted by Gasteiger charge is -2.19. The first-order chi connectivity index (χ1) is 7.15.